The summed E-state index contributed by atoms with van der Waals surface area (Å²) in [5.74, 6) is -0.678. The summed E-state index contributed by atoms with van der Waals surface area (Å²) < 4.78 is 0. The molecule has 1 unspecified atom stereocenters. The monoisotopic (exact) mass is 369 g/mol. The summed E-state index contributed by atoms with van der Waals surface area (Å²) in [6.45, 7) is 12.6. The number of carboxylic acids is 1. The van der Waals surface area contributed by atoms with Gasteiger partial charge in [-0.15, -0.1) is 0 Å². The van der Waals surface area contributed by atoms with Crippen molar-refractivity contribution in [2.24, 2.45) is 0 Å². The predicted octanol–water partition coefficient (Wildman–Crippen LogP) is 4.90. The molecule has 0 aromatic heterocycles. The van der Waals surface area contributed by atoms with Crippen molar-refractivity contribution in [1.29, 1.82) is 0 Å². The minimum Gasteiger partial charge on any atom is -0.507 e. The lowest BCUT2D eigenvalue weighted by Crippen LogP contribution is -2.29. The van der Waals surface area contributed by atoms with Crippen LogP contribution in [0.4, 0.5) is 0 Å². The lowest BCUT2D eigenvalue weighted by Gasteiger charge is -2.29. The molecule has 2 rings (SSSR count). The van der Waals surface area contributed by atoms with Gasteiger partial charge in [0.15, 0.2) is 0 Å². The van der Waals surface area contributed by atoms with Crippen LogP contribution in [0.1, 0.15) is 69.8 Å². The van der Waals surface area contributed by atoms with E-state index in [2.05, 4.69) is 5.32 Å². The van der Waals surface area contributed by atoms with Gasteiger partial charge in [-0.2, -0.15) is 0 Å². The van der Waals surface area contributed by atoms with E-state index in [9.17, 15) is 15.0 Å². The Morgan fingerprint density at radius 1 is 0.963 bits per heavy atom. The van der Waals surface area contributed by atoms with E-state index in [1.54, 1.807) is 0 Å². The molecule has 3 N–H and O–H groups in total. The summed E-state index contributed by atoms with van der Waals surface area (Å²) >= 11 is 0. The third kappa shape index (κ3) is 5.10. The molecule has 0 spiro atoms. The quantitative estimate of drug-likeness (QED) is 0.701. The van der Waals surface area contributed by atoms with E-state index < -0.39 is 12.0 Å². The number of phenols is 1. The largest absolute Gasteiger partial charge is 0.507 e. The average molecular weight is 370 g/mol. The maximum absolute atomic E-state index is 12.0. The number of aromatic hydroxyl groups is 1. The van der Waals surface area contributed by atoms with E-state index in [1.807, 2.05) is 84.0 Å². The lowest BCUT2D eigenvalue weighted by atomic mass is 9.77. The first kappa shape index (κ1) is 21.0. The molecule has 0 aliphatic rings. The fraction of sp³-hybridized carbons (Fsp3) is 0.435. The van der Waals surface area contributed by atoms with Crippen LogP contribution in [-0.2, 0) is 22.2 Å². The molecule has 27 heavy (non-hydrogen) atoms. The molecule has 0 fully saturated rings. The van der Waals surface area contributed by atoms with Gasteiger partial charge >= 0.3 is 5.97 Å². The average Bonchev–Trinajstić information content (AvgIpc) is 2.54. The molecule has 2 aromatic carbocycles. The highest BCUT2D eigenvalue weighted by Gasteiger charge is 2.29. The zero-order chi connectivity index (χ0) is 20.4. The number of hydrogen-bond donors (Lipinski definition) is 3. The number of carbonyl (C=O) groups is 1. The summed E-state index contributed by atoms with van der Waals surface area (Å²) in [7, 11) is 0. The standard InChI is InChI=1S/C23H31NO3/c1-22(2,3)17-12-16(13-18(20(17)25)23(4,5)6)19(21(26)27)24-14-15-10-8-7-9-11-15/h7-13,19,24-25H,14H2,1-6H3,(H,26,27). The van der Waals surface area contributed by atoms with Gasteiger partial charge in [0.2, 0.25) is 0 Å². The van der Waals surface area contributed by atoms with E-state index in [-0.39, 0.29) is 16.6 Å². The number of benzene rings is 2. The van der Waals surface area contributed by atoms with Crippen LogP contribution in [-0.4, -0.2) is 16.2 Å². The molecular weight excluding hydrogens is 338 g/mol. The van der Waals surface area contributed by atoms with Crippen LogP contribution in [0.3, 0.4) is 0 Å². The van der Waals surface area contributed by atoms with Gasteiger partial charge in [-0.1, -0.05) is 71.9 Å². The first-order valence-corrected chi connectivity index (χ1v) is 9.29. The Labute approximate surface area is 162 Å². The molecule has 2 aromatic rings. The molecule has 0 heterocycles. The van der Waals surface area contributed by atoms with Crippen LogP contribution in [0.25, 0.3) is 0 Å². The summed E-state index contributed by atoms with van der Waals surface area (Å²) in [6, 6.07) is 12.5. The molecule has 0 aliphatic carbocycles. The number of rotatable bonds is 5. The molecule has 4 heteroatoms. The van der Waals surface area contributed by atoms with Gasteiger partial charge in [-0.3, -0.25) is 10.1 Å². The molecule has 4 nitrogen and oxygen atoms in total. The third-order valence-electron chi connectivity index (χ3n) is 4.68. The fourth-order valence-corrected chi connectivity index (χ4v) is 3.13. The Hall–Kier alpha value is -2.33. The number of hydrogen-bond acceptors (Lipinski definition) is 3. The zero-order valence-corrected chi connectivity index (χ0v) is 17.1. The second-order valence-electron chi connectivity index (χ2n) is 9.10. The van der Waals surface area contributed by atoms with Crippen molar-refractivity contribution in [1.82, 2.24) is 5.32 Å². The topological polar surface area (TPSA) is 69.6 Å². The maximum atomic E-state index is 12.0. The van der Waals surface area contributed by atoms with Gasteiger partial charge in [0, 0.05) is 6.54 Å². The fourth-order valence-electron chi connectivity index (χ4n) is 3.13. The second kappa shape index (κ2) is 7.73. The minimum absolute atomic E-state index is 0.256. The molecule has 1 atom stereocenters. The first-order chi connectivity index (χ1) is 12.4. The van der Waals surface area contributed by atoms with Crippen molar-refractivity contribution in [2.75, 3.05) is 0 Å². The highest BCUT2D eigenvalue weighted by molar-refractivity contribution is 5.76. The Kier molecular flexibility index (Phi) is 6.01. The minimum atomic E-state index is -0.934. The van der Waals surface area contributed by atoms with Crippen molar-refractivity contribution in [3.8, 4) is 5.75 Å². The lowest BCUT2D eigenvalue weighted by molar-refractivity contribution is -0.139. The summed E-state index contributed by atoms with van der Waals surface area (Å²) in [5, 5.41) is 23.8. The van der Waals surface area contributed by atoms with Crippen LogP contribution in [0.15, 0.2) is 42.5 Å². The van der Waals surface area contributed by atoms with Crippen LogP contribution < -0.4 is 5.32 Å². The summed E-state index contributed by atoms with van der Waals surface area (Å²) in [4.78, 5) is 12.0. The Morgan fingerprint density at radius 3 is 1.85 bits per heavy atom. The Bertz CT molecular complexity index is 764. The SMILES string of the molecule is CC(C)(C)c1cc(C(NCc2ccccc2)C(=O)O)cc(C(C)(C)C)c1O. The second-order valence-corrected chi connectivity index (χ2v) is 9.10. The van der Waals surface area contributed by atoms with E-state index in [0.29, 0.717) is 12.1 Å². The molecule has 0 saturated heterocycles. The molecule has 0 amide bonds. The third-order valence-corrected chi connectivity index (χ3v) is 4.68. The number of phenolic OH excluding ortho intramolecular Hbond substituents is 1. The molecular formula is C23H31NO3. The van der Waals surface area contributed by atoms with Gasteiger partial charge in [0.25, 0.3) is 0 Å². The van der Waals surface area contributed by atoms with Gasteiger partial charge < -0.3 is 10.2 Å². The van der Waals surface area contributed by atoms with E-state index >= 15 is 0 Å². The van der Waals surface area contributed by atoms with Gasteiger partial charge in [0.1, 0.15) is 11.8 Å². The van der Waals surface area contributed by atoms with Crippen molar-refractivity contribution in [2.45, 2.75) is 65.0 Å². The highest BCUT2D eigenvalue weighted by Crippen LogP contribution is 2.40. The number of aliphatic carboxylic acids is 1. The van der Waals surface area contributed by atoms with Crippen molar-refractivity contribution < 1.29 is 15.0 Å². The normalized spacial score (nSPS) is 13.4. The highest BCUT2D eigenvalue weighted by atomic mass is 16.4. The molecule has 0 bridgehead atoms. The van der Waals surface area contributed by atoms with Gasteiger partial charge in [-0.25, -0.2) is 0 Å². The Balaban J connectivity index is 2.50. The van der Waals surface area contributed by atoms with E-state index in [4.69, 9.17) is 0 Å². The van der Waals surface area contributed by atoms with E-state index in [0.717, 1.165) is 16.7 Å². The van der Waals surface area contributed by atoms with Crippen LogP contribution >= 0.6 is 0 Å². The van der Waals surface area contributed by atoms with Crippen LogP contribution in [0.2, 0.25) is 0 Å². The Morgan fingerprint density at radius 2 is 1.44 bits per heavy atom. The molecule has 0 aliphatic heterocycles. The van der Waals surface area contributed by atoms with Crippen molar-refractivity contribution in [3.63, 3.8) is 0 Å². The zero-order valence-electron chi connectivity index (χ0n) is 17.1. The maximum Gasteiger partial charge on any atom is 0.325 e. The summed E-state index contributed by atoms with van der Waals surface area (Å²) in [5.41, 5.74) is 2.60. The molecule has 0 radical (unpaired) electrons. The molecule has 146 valence electrons. The van der Waals surface area contributed by atoms with Crippen LogP contribution in [0, 0.1) is 0 Å². The number of nitrogens with one attached hydrogen (secondary N) is 1. The van der Waals surface area contributed by atoms with E-state index in [1.165, 1.54) is 0 Å². The smallest absolute Gasteiger partial charge is 0.325 e. The summed E-state index contributed by atoms with van der Waals surface area (Å²) in [6.07, 6.45) is 0. The first-order valence-electron chi connectivity index (χ1n) is 9.29. The molecule has 0 saturated carbocycles. The van der Waals surface area contributed by atoms with Crippen molar-refractivity contribution in [3.05, 3.63) is 64.7 Å². The van der Waals surface area contributed by atoms with Gasteiger partial charge in [-0.05, 0) is 45.2 Å². The number of carboxylic acid groups (broad SMARTS) is 1. The predicted molar refractivity (Wildman–Crippen MR) is 109 cm³/mol. The van der Waals surface area contributed by atoms with Gasteiger partial charge in [0.05, 0.1) is 0 Å². The van der Waals surface area contributed by atoms with Crippen molar-refractivity contribution >= 4 is 5.97 Å². The van der Waals surface area contributed by atoms with Crippen LogP contribution in [0.5, 0.6) is 5.75 Å².